The van der Waals surface area contributed by atoms with Crippen molar-refractivity contribution in [3.05, 3.63) is 12.4 Å². The van der Waals surface area contributed by atoms with E-state index in [4.69, 9.17) is 0 Å². The molecule has 0 N–H and O–H groups in total. The molecule has 1 aromatic rings. The summed E-state index contributed by atoms with van der Waals surface area (Å²) in [6.45, 7) is 4.84. The molecule has 1 fully saturated rings. The zero-order valence-corrected chi connectivity index (χ0v) is 10.3. The fourth-order valence-electron chi connectivity index (χ4n) is 1.75. The SMILES string of the molecule is CC(C)CS(=O)(=O)N1CC(n2ccnn2)C1. The Labute approximate surface area is 95.3 Å². The summed E-state index contributed by atoms with van der Waals surface area (Å²) in [5.74, 6) is 0.382. The third-order valence-electron chi connectivity index (χ3n) is 2.58. The molecular weight excluding hydrogens is 228 g/mol. The molecular formula is C9H16N4O2S. The quantitative estimate of drug-likeness (QED) is 0.754. The Morgan fingerprint density at radius 1 is 1.44 bits per heavy atom. The summed E-state index contributed by atoms with van der Waals surface area (Å²) < 4.78 is 26.9. The molecule has 0 spiro atoms. The number of rotatable bonds is 4. The lowest BCUT2D eigenvalue weighted by Crippen LogP contribution is -2.51. The average Bonchev–Trinajstić information content (AvgIpc) is 2.49. The van der Waals surface area contributed by atoms with Gasteiger partial charge in [0.25, 0.3) is 0 Å². The molecule has 0 aromatic carbocycles. The van der Waals surface area contributed by atoms with Crippen LogP contribution in [0, 0.1) is 5.92 Å². The number of sulfonamides is 1. The molecule has 16 heavy (non-hydrogen) atoms. The summed E-state index contributed by atoms with van der Waals surface area (Å²) in [5.41, 5.74) is 0. The normalized spacial score (nSPS) is 18.9. The number of hydrogen-bond acceptors (Lipinski definition) is 4. The van der Waals surface area contributed by atoms with E-state index >= 15 is 0 Å². The predicted octanol–water partition coefficient (Wildman–Crippen LogP) is 0.121. The van der Waals surface area contributed by atoms with Crippen molar-refractivity contribution >= 4 is 10.0 Å². The Balaban J connectivity index is 1.93. The Bertz CT molecular complexity index is 434. The summed E-state index contributed by atoms with van der Waals surface area (Å²) in [6, 6.07) is 0.143. The van der Waals surface area contributed by atoms with Gasteiger partial charge in [-0.25, -0.2) is 13.1 Å². The van der Waals surface area contributed by atoms with Crippen LogP contribution in [0.3, 0.4) is 0 Å². The highest BCUT2D eigenvalue weighted by atomic mass is 32.2. The zero-order valence-electron chi connectivity index (χ0n) is 9.44. The van der Waals surface area contributed by atoms with Gasteiger partial charge in [0.05, 0.1) is 18.0 Å². The maximum Gasteiger partial charge on any atom is 0.214 e. The molecule has 0 atom stereocenters. The highest BCUT2D eigenvalue weighted by molar-refractivity contribution is 7.89. The van der Waals surface area contributed by atoms with Gasteiger partial charge in [-0.3, -0.25) is 0 Å². The topological polar surface area (TPSA) is 68.1 Å². The molecule has 0 bridgehead atoms. The van der Waals surface area contributed by atoms with Crippen molar-refractivity contribution in [3.63, 3.8) is 0 Å². The van der Waals surface area contributed by atoms with Crippen molar-refractivity contribution in [2.45, 2.75) is 19.9 Å². The fourth-order valence-corrected chi connectivity index (χ4v) is 3.60. The molecule has 7 heteroatoms. The third-order valence-corrected chi connectivity index (χ3v) is 4.75. The highest BCUT2D eigenvalue weighted by Crippen LogP contribution is 2.24. The zero-order chi connectivity index (χ0) is 11.8. The van der Waals surface area contributed by atoms with Gasteiger partial charge in [0.1, 0.15) is 0 Å². The summed E-state index contributed by atoms with van der Waals surface area (Å²) in [6.07, 6.45) is 3.36. The van der Waals surface area contributed by atoms with Gasteiger partial charge in [-0.1, -0.05) is 19.1 Å². The largest absolute Gasteiger partial charge is 0.247 e. The van der Waals surface area contributed by atoms with Crippen LogP contribution in [0.25, 0.3) is 0 Å². The van der Waals surface area contributed by atoms with Gasteiger partial charge in [0.2, 0.25) is 10.0 Å². The van der Waals surface area contributed by atoms with Crippen LogP contribution in [-0.2, 0) is 10.0 Å². The van der Waals surface area contributed by atoms with Crippen LogP contribution in [-0.4, -0.2) is 46.6 Å². The Morgan fingerprint density at radius 3 is 2.62 bits per heavy atom. The smallest absolute Gasteiger partial charge is 0.214 e. The van der Waals surface area contributed by atoms with E-state index in [9.17, 15) is 8.42 Å². The molecule has 1 aliphatic heterocycles. The molecule has 1 aliphatic rings. The second-order valence-electron chi connectivity index (χ2n) is 4.53. The Kier molecular flexibility index (Phi) is 2.98. The van der Waals surface area contributed by atoms with Gasteiger partial charge in [0.15, 0.2) is 0 Å². The molecule has 0 unspecified atom stereocenters. The summed E-state index contributed by atoms with van der Waals surface area (Å²) in [4.78, 5) is 0. The van der Waals surface area contributed by atoms with Gasteiger partial charge in [0, 0.05) is 19.3 Å². The van der Waals surface area contributed by atoms with Crippen LogP contribution >= 0.6 is 0 Å². The van der Waals surface area contributed by atoms with Gasteiger partial charge >= 0.3 is 0 Å². The van der Waals surface area contributed by atoms with Crippen molar-refractivity contribution in [2.24, 2.45) is 5.92 Å². The molecule has 0 radical (unpaired) electrons. The van der Waals surface area contributed by atoms with Gasteiger partial charge < -0.3 is 0 Å². The lowest BCUT2D eigenvalue weighted by atomic mass is 10.2. The molecule has 0 aliphatic carbocycles. The van der Waals surface area contributed by atoms with E-state index in [0.29, 0.717) is 13.1 Å². The first-order chi connectivity index (χ1) is 7.49. The molecule has 1 aromatic heterocycles. The Morgan fingerprint density at radius 2 is 2.12 bits per heavy atom. The van der Waals surface area contributed by atoms with Crippen LogP contribution < -0.4 is 0 Å². The van der Waals surface area contributed by atoms with E-state index in [1.165, 1.54) is 4.31 Å². The second kappa shape index (κ2) is 4.14. The van der Waals surface area contributed by atoms with Crippen molar-refractivity contribution in [2.75, 3.05) is 18.8 Å². The fraction of sp³-hybridized carbons (Fsp3) is 0.778. The summed E-state index contributed by atoms with van der Waals surface area (Å²) in [7, 11) is -3.07. The second-order valence-corrected chi connectivity index (χ2v) is 6.54. The van der Waals surface area contributed by atoms with Crippen LogP contribution in [0.5, 0.6) is 0 Å². The summed E-state index contributed by atoms with van der Waals surface area (Å²) in [5, 5.41) is 7.57. The number of aromatic nitrogens is 3. The van der Waals surface area contributed by atoms with Crippen molar-refractivity contribution < 1.29 is 8.42 Å². The van der Waals surface area contributed by atoms with Crippen LogP contribution in [0.1, 0.15) is 19.9 Å². The van der Waals surface area contributed by atoms with E-state index in [0.717, 1.165) is 0 Å². The summed E-state index contributed by atoms with van der Waals surface area (Å²) >= 11 is 0. The molecule has 90 valence electrons. The van der Waals surface area contributed by atoms with Crippen molar-refractivity contribution in [3.8, 4) is 0 Å². The number of hydrogen-bond donors (Lipinski definition) is 0. The third kappa shape index (κ3) is 2.25. The Hall–Kier alpha value is -0.950. The molecule has 0 amide bonds. The maximum atomic E-state index is 11.8. The van der Waals surface area contributed by atoms with E-state index in [1.54, 1.807) is 17.1 Å². The van der Waals surface area contributed by atoms with Crippen molar-refractivity contribution in [1.29, 1.82) is 0 Å². The minimum absolute atomic E-state index is 0.143. The molecule has 0 saturated carbocycles. The van der Waals surface area contributed by atoms with E-state index < -0.39 is 10.0 Å². The molecule has 2 rings (SSSR count). The van der Waals surface area contributed by atoms with Crippen LogP contribution in [0.15, 0.2) is 12.4 Å². The van der Waals surface area contributed by atoms with Crippen LogP contribution in [0.2, 0.25) is 0 Å². The van der Waals surface area contributed by atoms with E-state index in [-0.39, 0.29) is 17.7 Å². The van der Waals surface area contributed by atoms with Gasteiger partial charge in [-0.2, -0.15) is 4.31 Å². The lowest BCUT2D eigenvalue weighted by molar-refractivity contribution is 0.188. The molecule has 1 saturated heterocycles. The highest BCUT2D eigenvalue weighted by Gasteiger charge is 2.37. The first-order valence-electron chi connectivity index (χ1n) is 5.32. The monoisotopic (exact) mass is 244 g/mol. The molecule has 2 heterocycles. The minimum Gasteiger partial charge on any atom is -0.247 e. The number of nitrogens with zero attached hydrogens (tertiary/aromatic N) is 4. The minimum atomic E-state index is -3.07. The van der Waals surface area contributed by atoms with E-state index in [1.807, 2.05) is 13.8 Å². The van der Waals surface area contributed by atoms with Crippen molar-refractivity contribution in [1.82, 2.24) is 19.3 Å². The van der Waals surface area contributed by atoms with Gasteiger partial charge in [-0.15, -0.1) is 5.10 Å². The molecule has 6 nitrogen and oxygen atoms in total. The first kappa shape index (κ1) is 11.5. The van der Waals surface area contributed by atoms with E-state index in [2.05, 4.69) is 10.3 Å². The van der Waals surface area contributed by atoms with Gasteiger partial charge in [-0.05, 0) is 5.92 Å². The predicted molar refractivity (Wildman–Crippen MR) is 59.3 cm³/mol. The standard InChI is InChI=1S/C9H16N4O2S/c1-8(2)7-16(14,15)12-5-9(6-12)13-4-3-10-11-13/h3-4,8-9H,5-7H2,1-2H3. The maximum absolute atomic E-state index is 11.8. The lowest BCUT2D eigenvalue weighted by Gasteiger charge is -2.37. The van der Waals surface area contributed by atoms with Crippen LogP contribution in [0.4, 0.5) is 0 Å². The average molecular weight is 244 g/mol. The first-order valence-corrected chi connectivity index (χ1v) is 6.93.